The van der Waals surface area contributed by atoms with Crippen LogP contribution < -0.4 is 5.32 Å². The molecule has 2 aromatic rings. The van der Waals surface area contributed by atoms with E-state index >= 15 is 0 Å². The lowest BCUT2D eigenvalue weighted by atomic mass is 9.99. The Morgan fingerprint density at radius 2 is 1.71 bits per heavy atom. The molecule has 1 N–H and O–H groups in total. The lowest BCUT2D eigenvalue weighted by molar-refractivity contribution is 0.0934. The zero-order valence-electron chi connectivity index (χ0n) is 12.8. The van der Waals surface area contributed by atoms with E-state index in [9.17, 15) is 4.79 Å². The van der Waals surface area contributed by atoms with Crippen LogP contribution in [0, 0.1) is 6.92 Å². The predicted molar refractivity (Wildman–Crippen MR) is 87.4 cm³/mol. The van der Waals surface area contributed by atoms with Crippen LogP contribution in [0.25, 0.3) is 0 Å². The second-order valence-electron chi connectivity index (χ2n) is 5.44. The van der Waals surface area contributed by atoms with Crippen LogP contribution >= 0.6 is 0 Å². The smallest absolute Gasteiger partial charge is 0.251 e. The van der Waals surface area contributed by atoms with E-state index in [1.807, 2.05) is 30.3 Å². The molecule has 21 heavy (non-hydrogen) atoms. The summed E-state index contributed by atoms with van der Waals surface area (Å²) in [5, 5.41) is 3.16. The summed E-state index contributed by atoms with van der Waals surface area (Å²) in [6.07, 6.45) is 3.20. The molecule has 0 spiro atoms. The van der Waals surface area contributed by atoms with E-state index in [1.54, 1.807) is 0 Å². The monoisotopic (exact) mass is 281 g/mol. The Balaban J connectivity index is 2.12. The minimum absolute atomic E-state index is 0.00252. The Morgan fingerprint density at radius 1 is 1.05 bits per heavy atom. The molecule has 1 amide bonds. The third-order valence-electron chi connectivity index (χ3n) is 3.67. The molecular formula is C19H23NO. The van der Waals surface area contributed by atoms with E-state index in [1.165, 1.54) is 11.1 Å². The van der Waals surface area contributed by atoms with Crippen molar-refractivity contribution in [2.45, 2.75) is 39.2 Å². The fourth-order valence-electron chi connectivity index (χ4n) is 2.36. The first kappa shape index (κ1) is 15.3. The van der Waals surface area contributed by atoms with Crippen molar-refractivity contribution in [3.63, 3.8) is 0 Å². The van der Waals surface area contributed by atoms with Crippen molar-refractivity contribution < 1.29 is 4.79 Å². The quantitative estimate of drug-likeness (QED) is 0.820. The second kappa shape index (κ2) is 7.63. The fraction of sp³-hybridized carbons (Fsp3) is 0.316. The summed E-state index contributed by atoms with van der Waals surface area (Å²) >= 11 is 0. The summed E-state index contributed by atoms with van der Waals surface area (Å²) in [5.74, 6) is -0.00252. The number of unbranched alkanes of at least 4 members (excludes halogenated alkanes) is 1. The van der Waals surface area contributed by atoms with Gasteiger partial charge in [-0.25, -0.2) is 0 Å². The highest BCUT2D eigenvalue weighted by atomic mass is 16.1. The van der Waals surface area contributed by atoms with Crippen LogP contribution in [0.1, 0.15) is 53.7 Å². The van der Waals surface area contributed by atoms with Crippen molar-refractivity contribution in [3.8, 4) is 0 Å². The van der Waals surface area contributed by atoms with E-state index in [0.717, 1.165) is 19.3 Å². The minimum atomic E-state index is -0.00252. The van der Waals surface area contributed by atoms with E-state index in [-0.39, 0.29) is 11.9 Å². The van der Waals surface area contributed by atoms with Gasteiger partial charge in [-0.1, -0.05) is 67.8 Å². The van der Waals surface area contributed by atoms with Gasteiger partial charge in [0.15, 0.2) is 0 Å². The lowest BCUT2D eigenvalue weighted by Crippen LogP contribution is -2.28. The molecule has 0 saturated carbocycles. The highest BCUT2D eigenvalue weighted by molar-refractivity contribution is 5.94. The molecule has 0 aliphatic heterocycles. The van der Waals surface area contributed by atoms with Gasteiger partial charge in [0.1, 0.15) is 0 Å². The van der Waals surface area contributed by atoms with E-state index in [4.69, 9.17) is 0 Å². The zero-order valence-corrected chi connectivity index (χ0v) is 12.8. The fourth-order valence-corrected chi connectivity index (χ4v) is 2.36. The third-order valence-corrected chi connectivity index (χ3v) is 3.67. The largest absolute Gasteiger partial charge is 0.345 e. The molecule has 0 aromatic heterocycles. The lowest BCUT2D eigenvalue weighted by Gasteiger charge is -2.19. The zero-order chi connectivity index (χ0) is 15.1. The Bertz CT molecular complexity index is 560. The molecule has 0 fully saturated rings. The summed E-state index contributed by atoms with van der Waals surface area (Å²) in [5.41, 5.74) is 3.13. The van der Waals surface area contributed by atoms with Crippen molar-refractivity contribution in [1.29, 1.82) is 0 Å². The van der Waals surface area contributed by atoms with Crippen LogP contribution in [0.5, 0.6) is 0 Å². The van der Waals surface area contributed by atoms with Gasteiger partial charge < -0.3 is 5.32 Å². The van der Waals surface area contributed by atoms with Crippen molar-refractivity contribution >= 4 is 5.91 Å². The second-order valence-corrected chi connectivity index (χ2v) is 5.44. The summed E-state index contributed by atoms with van der Waals surface area (Å²) < 4.78 is 0. The number of carbonyl (C=O) groups is 1. The van der Waals surface area contributed by atoms with Crippen LogP contribution in [0.15, 0.2) is 54.6 Å². The van der Waals surface area contributed by atoms with Crippen LogP contribution in [0.3, 0.4) is 0 Å². The van der Waals surface area contributed by atoms with Gasteiger partial charge in [-0.2, -0.15) is 0 Å². The van der Waals surface area contributed by atoms with Crippen molar-refractivity contribution in [1.82, 2.24) is 5.32 Å². The Morgan fingerprint density at radius 3 is 2.33 bits per heavy atom. The van der Waals surface area contributed by atoms with Gasteiger partial charge >= 0.3 is 0 Å². The maximum atomic E-state index is 12.3. The molecule has 0 aliphatic rings. The molecule has 0 radical (unpaired) electrons. The predicted octanol–water partition coefficient (Wildman–Crippen LogP) is 4.66. The standard InChI is InChI=1S/C19H23NO/c1-3-4-10-18(16-13-11-15(2)12-14-16)20-19(21)17-8-6-5-7-9-17/h5-9,11-14,18H,3-4,10H2,1-2H3,(H,20,21)/t18-/m1/s1. The number of aryl methyl sites for hydroxylation is 1. The number of rotatable bonds is 6. The summed E-state index contributed by atoms with van der Waals surface area (Å²) in [4.78, 5) is 12.3. The first-order valence-corrected chi connectivity index (χ1v) is 7.63. The Kier molecular flexibility index (Phi) is 5.56. The van der Waals surface area contributed by atoms with E-state index < -0.39 is 0 Å². The first-order valence-electron chi connectivity index (χ1n) is 7.63. The number of benzene rings is 2. The highest BCUT2D eigenvalue weighted by Gasteiger charge is 2.15. The topological polar surface area (TPSA) is 29.1 Å². The van der Waals surface area contributed by atoms with Crippen molar-refractivity contribution in [2.24, 2.45) is 0 Å². The Labute approximate surface area is 127 Å². The Hall–Kier alpha value is -2.09. The van der Waals surface area contributed by atoms with Gasteiger partial charge in [-0.05, 0) is 31.0 Å². The maximum absolute atomic E-state index is 12.3. The average molecular weight is 281 g/mol. The highest BCUT2D eigenvalue weighted by Crippen LogP contribution is 2.20. The van der Waals surface area contributed by atoms with Crippen LogP contribution in [-0.4, -0.2) is 5.91 Å². The number of carbonyl (C=O) groups excluding carboxylic acids is 1. The van der Waals surface area contributed by atoms with Crippen molar-refractivity contribution in [3.05, 3.63) is 71.3 Å². The summed E-state index contributed by atoms with van der Waals surface area (Å²) in [6, 6.07) is 17.9. The molecule has 0 heterocycles. The van der Waals surface area contributed by atoms with Crippen LogP contribution in [0.4, 0.5) is 0 Å². The molecule has 0 bridgehead atoms. The SMILES string of the molecule is CCCC[C@@H](NC(=O)c1ccccc1)c1ccc(C)cc1. The van der Waals surface area contributed by atoms with E-state index in [2.05, 4.69) is 43.4 Å². The van der Waals surface area contributed by atoms with Crippen LogP contribution in [-0.2, 0) is 0 Å². The van der Waals surface area contributed by atoms with Crippen molar-refractivity contribution in [2.75, 3.05) is 0 Å². The molecule has 0 aliphatic carbocycles. The molecule has 2 rings (SSSR count). The van der Waals surface area contributed by atoms with Gasteiger partial charge in [0, 0.05) is 5.56 Å². The minimum Gasteiger partial charge on any atom is -0.345 e. The molecule has 1 atom stereocenters. The van der Waals surface area contributed by atoms with Crippen LogP contribution in [0.2, 0.25) is 0 Å². The summed E-state index contributed by atoms with van der Waals surface area (Å²) in [6.45, 7) is 4.25. The molecular weight excluding hydrogens is 258 g/mol. The molecule has 0 saturated heterocycles. The van der Waals surface area contributed by atoms with Gasteiger partial charge in [0.25, 0.3) is 5.91 Å². The first-order chi connectivity index (χ1) is 10.2. The van der Waals surface area contributed by atoms with Gasteiger partial charge in [0.2, 0.25) is 0 Å². The molecule has 0 unspecified atom stereocenters. The van der Waals surface area contributed by atoms with E-state index in [0.29, 0.717) is 5.56 Å². The normalized spacial score (nSPS) is 11.9. The number of nitrogens with one attached hydrogen (secondary N) is 1. The summed E-state index contributed by atoms with van der Waals surface area (Å²) in [7, 11) is 0. The number of hydrogen-bond acceptors (Lipinski definition) is 1. The van der Waals surface area contributed by atoms with Gasteiger partial charge in [-0.3, -0.25) is 4.79 Å². The maximum Gasteiger partial charge on any atom is 0.251 e. The molecule has 2 aromatic carbocycles. The molecule has 110 valence electrons. The molecule has 2 heteroatoms. The average Bonchev–Trinajstić information content (AvgIpc) is 2.53. The number of amides is 1. The number of hydrogen-bond donors (Lipinski definition) is 1. The third kappa shape index (κ3) is 4.45. The van der Waals surface area contributed by atoms with Gasteiger partial charge in [0.05, 0.1) is 6.04 Å². The van der Waals surface area contributed by atoms with Gasteiger partial charge in [-0.15, -0.1) is 0 Å². The molecule has 2 nitrogen and oxygen atoms in total.